The van der Waals surface area contributed by atoms with E-state index < -0.39 is 159 Å². The zero-order valence-corrected chi connectivity index (χ0v) is 52.6. The molecule has 14 atom stereocenters. The Morgan fingerprint density at radius 2 is 0.888 bits per heavy atom. The van der Waals surface area contributed by atoms with Crippen molar-refractivity contribution in [3.05, 3.63) is 149 Å². The van der Waals surface area contributed by atoms with Gasteiger partial charge >= 0.3 is 35.1 Å². The summed E-state index contributed by atoms with van der Waals surface area (Å²) in [6.07, 6.45) is -24.2. The number of rotatable bonds is 20. The number of hydrogen-bond acceptors (Lipinski definition) is 27. The van der Waals surface area contributed by atoms with Crippen LogP contribution in [0.3, 0.4) is 0 Å². The third kappa shape index (κ3) is 14.1. The second-order valence-electron chi connectivity index (χ2n) is 23.5. The molecule has 4 fully saturated rings. The lowest BCUT2D eigenvalue weighted by Gasteiger charge is -2.38. The number of carbonyl (C=O) groups is 6. The predicted molar refractivity (Wildman–Crippen MR) is 328 cm³/mol. The number of carboxylic acid groups (broad SMARTS) is 2. The number of benzene rings is 5. The maximum Gasteiger partial charge on any atom is 0.416 e. The standard InChI is InChI=1S/C64H65N4O29S/c1-28-13-41-57(77)67(63(83)91-24-30-5-9-34(10-6-30)93-61-51(73)47(69)49(71)53(95-61)59(79)80)39-20-45(43(87-3)18-37(39)55(75)65(41)22-28)89-26-32-15-33(17-36(16-32)97-98(85)86)27-90-46-21-40-38(19-44(46)88-4)56(76)66-23-29(2)14-42(66)58(78)68(40)64(84)92-25-31-7-11-35(12-8-31)94-62-52(74)48(70)50(72)54(96-62)60(81)82/h5-12,15-21,41-42,47-54,57-58,61-62,69-74,77-78H,1-2,13-14,22-27H2,3-4H3,(H,79,80)(H,81,82)/t41-,42-,47-,48-,49-,50-,51+,52+,53-,54-,57?,58?,61+,62+/m0/s1. The van der Waals surface area contributed by atoms with E-state index in [0.717, 1.165) is 9.80 Å². The highest BCUT2D eigenvalue weighted by Crippen LogP contribution is 2.45. The van der Waals surface area contributed by atoms with E-state index in [9.17, 15) is 88.3 Å². The molecule has 0 aromatic heterocycles. The van der Waals surface area contributed by atoms with Crippen molar-refractivity contribution in [3.8, 4) is 40.2 Å². The van der Waals surface area contributed by atoms with Crippen molar-refractivity contribution in [1.82, 2.24) is 9.80 Å². The molecule has 4 amide bonds. The summed E-state index contributed by atoms with van der Waals surface area (Å²) in [6, 6.07) is 18.5. The predicted octanol–water partition coefficient (Wildman–Crippen LogP) is 1.07. The van der Waals surface area contributed by atoms with Crippen molar-refractivity contribution in [1.29, 1.82) is 0 Å². The number of methoxy groups -OCH3 is 2. The van der Waals surface area contributed by atoms with Crippen molar-refractivity contribution < 1.29 is 140 Å². The molecule has 5 aromatic carbocycles. The van der Waals surface area contributed by atoms with Crippen LogP contribution in [0.1, 0.15) is 55.8 Å². The lowest BCUT2D eigenvalue weighted by atomic mass is 9.99. The first-order valence-electron chi connectivity index (χ1n) is 29.9. The minimum Gasteiger partial charge on any atom is -0.493 e. The number of nitrogens with zero attached hydrogens (tertiary/aromatic N) is 4. The van der Waals surface area contributed by atoms with Gasteiger partial charge in [0.25, 0.3) is 11.8 Å². The van der Waals surface area contributed by atoms with Crippen LogP contribution in [0.25, 0.3) is 0 Å². The highest BCUT2D eigenvalue weighted by atomic mass is 32.2. The lowest BCUT2D eigenvalue weighted by molar-refractivity contribution is -0.271. The zero-order chi connectivity index (χ0) is 70.3. The summed E-state index contributed by atoms with van der Waals surface area (Å²) in [7, 11) is -0.544. The van der Waals surface area contributed by atoms with Gasteiger partial charge in [0, 0.05) is 25.2 Å². The van der Waals surface area contributed by atoms with Crippen molar-refractivity contribution >= 4 is 58.3 Å². The highest BCUT2D eigenvalue weighted by molar-refractivity contribution is 7.67. The third-order valence-corrected chi connectivity index (χ3v) is 17.3. The van der Waals surface area contributed by atoms with Gasteiger partial charge in [0.05, 0.1) is 48.8 Å². The molecule has 6 aliphatic rings. The van der Waals surface area contributed by atoms with Gasteiger partial charge in [-0.05, 0) is 89.7 Å². The smallest absolute Gasteiger partial charge is 0.416 e. The van der Waals surface area contributed by atoms with Crippen LogP contribution in [0, 0.1) is 0 Å². The Morgan fingerprint density at radius 1 is 0.500 bits per heavy atom. The molecule has 4 saturated heterocycles. The molecule has 1 radical (unpaired) electrons. The van der Waals surface area contributed by atoms with Crippen molar-refractivity contribution in [3.63, 3.8) is 0 Å². The van der Waals surface area contributed by atoms with Crippen molar-refractivity contribution in [2.45, 2.75) is 125 Å². The number of ether oxygens (including phenoxy) is 10. The summed E-state index contributed by atoms with van der Waals surface area (Å²) >= 11 is 0. The van der Waals surface area contributed by atoms with Gasteiger partial charge in [-0.2, -0.15) is 0 Å². The first-order chi connectivity index (χ1) is 46.7. The number of aliphatic hydroxyl groups excluding tert-OH is 8. The maximum absolute atomic E-state index is 14.4. The Morgan fingerprint density at radius 3 is 1.24 bits per heavy atom. The third-order valence-electron chi connectivity index (χ3n) is 16.9. The highest BCUT2D eigenvalue weighted by Gasteiger charge is 2.51. The van der Waals surface area contributed by atoms with Crippen molar-refractivity contribution in [2.75, 3.05) is 37.1 Å². The van der Waals surface area contributed by atoms with Crippen molar-refractivity contribution in [2.24, 2.45) is 0 Å². The molecule has 5 aromatic rings. The Balaban J connectivity index is 0.817. The average molecular weight is 1390 g/mol. The van der Waals surface area contributed by atoms with Gasteiger partial charge < -0.3 is 112 Å². The number of aliphatic carboxylic acids is 2. The Bertz CT molecular complexity index is 3770. The van der Waals surface area contributed by atoms with Crippen LogP contribution >= 0.6 is 0 Å². The molecule has 6 heterocycles. The quantitative estimate of drug-likeness (QED) is 0.0487. The first-order valence-corrected chi connectivity index (χ1v) is 30.9. The minimum atomic E-state index is -3.11. The fourth-order valence-electron chi connectivity index (χ4n) is 12.0. The average Bonchev–Trinajstić information content (AvgIpc) is 1.62. The van der Waals surface area contributed by atoms with E-state index in [1.165, 1.54) is 115 Å². The zero-order valence-electron chi connectivity index (χ0n) is 51.7. The number of carboxylic acids is 2. The molecule has 521 valence electrons. The second kappa shape index (κ2) is 28.6. The summed E-state index contributed by atoms with van der Waals surface area (Å²) in [5.74, 6) is -4.85. The summed E-state index contributed by atoms with van der Waals surface area (Å²) < 4.78 is 86.1. The van der Waals surface area contributed by atoms with Crippen LogP contribution in [-0.4, -0.2) is 218 Å². The number of hydrogen-bond donors (Lipinski definition) is 10. The minimum absolute atomic E-state index is 0.0195. The molecule has 0 saturated carbocycles. The second-order valence-corrected chi connectivity index (χ2v) is 24.0. The molecule has 2 unspecified atom stereocenters. The summed E-state index contributed by atoms with van der Waals surface area (Å²) in [6.45, 7) is 6.40. The number of carbonyl (C=O) groups excluding carboxylic acids is 4. The molecule has 11 rings (SSSR count). The molecule has 98 heavy (non-hydrogen) atoms. The van der Waals surface area contributed by atoms with Crippen LogP contribution in [-0.2, 0) is 65.9 Å². The van der Waals surface area contributed by atoms with E-state index in [2.05, 4.69) is 13.2 Å². The molecule has 6 aliphatic heterocycles. The first kappa shape index (κ1) is 69.4. The van der Waals surface area contributed by atoms with E-state index in [1.807, 2.05) is 0 Å². The molecule has 0 bridgehead atoms. The molecular weight excluding hydrogens is 1320 g/mol. The molecule has 10 N–H and O–H groups in total. The van der Waals surface area contributed by atoms with E-state index >= 15 is 0 Å². The number of anilines is 2. The maximum atomic E-state index is 14.4. The van der Waals surface area contributed by atoms with Gasteiger partial charge in [0.2, 0.25) is 12.6 Å². The van der Waals surface area contributed by atoms with E-state index in [4.69, 9.17) is 51.6 Å². The lowest BCUT2D eigenvalue weighted by Crippen LogP contribution is -2.61. The molecule has 0 aliphatic carbocycles. The topological polar surface area (TPSA) is 453 Å². The largest absolute Gasteiger partial charge is 0.493 e. The Hall–Kier alpha value is -9.98. The number of aliphatic hydroxyl groups is 8. The fourth-order valence-corrected chi connectivity index (χ4v) is 12.3. The summed E-state index contributed by atoms with van der Waals surface area (Å²) in [4.78, 5) is 85.1. The van der Waals surface area contributed by atoms with E-state index in [0.29, 0.717) is 22.3 Å². The van der Waals surface area contributed by atoms with Gasteiger partial charge in [-0.1, -0.05) is 48.6 Å². The van der Waals surface area contributed by atoms with Crippen LogP contribution in [0.2, 0.25) is 0 Å². The molecule has 0 spiro atoms. The van der Waals surface area contributed by atoms with Crippen LogP contribution in [0.15, 0.2) is 115 Å². The van der Waals surface area contributed by atoms with Crippen LogP contribution in [0.5, 0.6) is 40.2 Å². The summed E-state index contributed by atoms with van der Waals surface area (Å²) in [5, 5.41) is 104. The molecular formula is C64H65N4O29S. The summed E-state index contributed by atoms with van der Waals surface area (Å²) in [5.41, 5.74) is 1.79. The monoisotopic (exact) mass is 1390 g/mol. The van der Waals surface area contributed by atoms with Gasteiger partial charge in [0.15, 0.2) is 47.7 Å². The van der Waals surface area contributed by atoms with Crippen LogP contribution < -0.4 is 42.4 Å². The molecule has 34 heteroatoms. The number of amides is 4. The fraction of sp³-hybridized carbons (Fsp3) is 0.375. The Kier molecular flexibility index (Phi) is 20.3. The SMILES string of the molecule is C=C1C[C@H]2C(O)N(C(=O)OCc3ccc(O[C@@H]4O[C@H](C(=O)O)[C@@H](O)[C@H](O)[C@H]4O)cc3)c3cc(OCc4cc(COc5cc6c(cc5OC)C(=O)N5CC(=C)C[C@H]5C(O)N6C(=O)OCc5ccc(O[C@@H]6O[C@H](C(=O)O)[C@@H](O)[C@H](O)[C@H]6O)cc5)cc(O[S](=O)=O)c4)c(OC)cc3C(=O)N2C1. The van der Waals surface area contributed by atoms with Gasteiger partial charge in [-0.25, -0.2) is 29.0 Å². The van der Waals surface area contributed by atoms with Gasteiger partial charge in [-0.15, -0.1) is 8.42 Å². The van der Waals surface area contributed by atoms with E-state index in [1.54, 1.807) is 0 Å². The van der Waals surface area contributed by atoms with Gasteiger partial charge in [-0.3, -0.25) is 9.59 Å². The normalized spacial score (nSPS) is 26.5. The van der Waals surface area contributed by atoms with Gasteiger partial charge in [0.1, 0.15) is 80.3 Å². The number of fused-ring (bicyclic) bond motifs is 4. The molecule has 33 nitrogen and oxygen atoms in total. The van der Waals surface area contributed by atoms with Crippen LogP contribution in [0.4, 0.5) is 21.0 Å². The Labute approximate surface area is 557 Å². The van der Waals surface area contributed by atoms with E-state index in [-0.39, 0.29) is 99.8 Å².